The van der Waals surface area contributed by atoms with Gasteiger partial charge in [0.2, 0.25) is 5.85 Å². The highest BCUT2D eigenvalue weighted by Gasteiger charge is 2.50. The second kappa shape index (κ2) is 8.47. The number of phosphoric acid groups is 3. The number of alkyl halides is 1. The van der Waals surface area contributed by atoms with Crippen LogP contribution in [0.25, 0.3) is 0 Å². The summed E-state index contributed by atoms with van der Waals surface area (Å²) < 4.78 is 87.6. The summed E-state index contributed by atoms with van der Waals surface area (Å²) in [7, 11) is -18.0. The second-order valence-electron chi connectivity index (χ2n) is 5.61. The highest BCUT2D eigenvalue weighted by molar-refractivity contribution is 7.66. The van der Waals surface area contributed by atoms with Crippen molar-refractivity contribution in [3.05, 3.63) is 32.6 Å². The van der Waals surface area contributed by atoms with Crippen molar-refractivity contribution >= 4 is 23.5 Å². The maximum Gasteiger partial charge on any atom is 0.490 e. The molecule has 6 N–H and O–H groups in total. The molecule has 1 fully saturated rings. The Morgan fingerprint density at radius 2 is 1.93 bits per heavy atom. The molecule has 1 aromatic heterocycles. The van der Waals surface area contributed by atoms with E-state index in [1.165, 1.54) is 0 Å². The molecule has 2 heterocycles. The Bertz CT molecular complexity index is 1200. The van der Waals surface area contributed by atoms with Crippen molar-refractivity contribution in [2.45, 2.75) is 31.5 Å². The Morgan fingerprint density at radius 1 is 1.33 bits per heavy atom. The van der Waals surface area contributed by atoms with Gasteiger partial charge in [0.05, 0.1) is 4.11 Å². The van der Waals surface area contributed by atoms with Gasteiger partial charge in [-0.25, -0.2) is 22.9 Å². The number of hydrogen-bond acceptors (Lipinski definition) is 10. The van der Waals surface area contributed by atoms with E-state index in [2.05, 4.69) is 17.9 Å². The van der Waals surface area contributed by atoms with Gasteiger partial charge in [-0.05, 0) is 6.92 Å². The van der Waals surface area contributed by atoms with Crippen LogP contribution in [0.3, 0.4) is 0 Å². The molecule has 0 bridgehead atoms. The minimum atomic E-state index is -6.21. The standard InChI is InChI=1S/C10H16FN2O14P3/c1-5-3-13(9(16)12-7(5)15)8-6(14)2-10(11,25-8)4-24-29(20,21)27-30(22,23)26-28(17,18)19/h3,6,8,14H,2,4H2,1H3,(H,20,21)(H,22,23)(H,12,15,16)(H2,17,18,19)/t6-,8-,10+/m1/s1/i4D2,8D. The van der Waals surface area contributed by atoms with E-state index in [1.54, 1.807) is 4.98 Å². The normalized spacial score (nSPS) is 33.2. The summed E-state index contributed by atoms with van der Waals surface area (Å²) in [4.78, 5) is 60.7. The number of aryl methyl sites for hydroxylation is 1. The Hall–Kier alpha value is -1.06. The fourth-order valence-electron chi connectivity index (χ4n) is 2.04. The molecular formula is C10H16FN2O14P3. The molecule has 0 radical (unpaired) electrons. The van der Waals surface area contributed by atoms with Crippen molar-refractivity contribution in [3.63, 3.8) is 0 Å². The number of ether oxygens (including phenoxy) is 1. The van der Waals surface area contributed by atoms with E-state index in [-0.39, 0.29) is 10.1 Å². The zero-order chi connectivity index (χ0) is 25.8. The number of aromatic nitrogens is 2. The molecule has 1 saturated heterocycles. The van der Waals surface area contributed by atoms with Crippen LogP contribution in [0.5, 0.6) is 0 Å². The Balaban J connectivity index is 2.36. The summed E-state index contributed by atoms with van der Waals surface area (Å²) >= 11 is 0. The highest BCUT2D eigenvalue weighted by atomic mass is 31.3. The van der Waals surface area contributed by atoms with Gasteiger partial charge in [-0.2, -0.15) is 8.62 Å². The number of aliphatic hydroxyl groups excluding tert-OH is 1. The van der Waals surface area contributed by atoms with Gasteiger partial charge < -0.3 is 29.4 Å². The van der Waals surface area contributed by atoms with Crippen molar-refractivity contribution in [2.75, 3.05) is 6.56 Å². The molecular weight excluding hydrogens is 484 g/mol. The van der Waals surface area contributed by atoms with Crippen molar-refractivity contribution in [1.82, 2.24) is 9.55 Å². The van der Waals surface area contributed by atoms with Crippen molar-refractivity contribution in [2.24, 2.45) is 0 Å². The average Bonchev–Trinajstić information content (AvgIpc) is 2.77. The number of rotatable bonds is 8. The lowest BCUT2D eigenvalue weighted by Gasteiger charge is -2.22. The molecule has 0 amide bonds. The van der Waals surface area contributed by atoms with Crippen molar-refractivity contribution < 1.29 is 64.8 Å². The van der Waals surface area contributed by atoms with Crippen molar-refractivity contribution in [1.29, 1.82) is 0 Å². The monoisotopic (exact) mass is 503 g/mol. The zero-order valence-corrected chi connectivity index (χ0v) is 17.1. The van der Waals surface area contributed by atoms with Crippen LogP contribution in [0.2, 0.25) is 0 Å². The van der Waals surface area contributed by atoms with Crippen LogP contribution in [0, 0.1) is 6.92 Å². The Kier molecular flexibility index (Phi) is 5.88. The first-order valence-corrected chi connectivity index (χ1v) is 11.8. The number of nitrogens with one attached hydrogen (secondary N) is 1. The number of hydrogen-bond donors (Lipinski definition) is 6. The van der Waals surface area contributed by atoms with E-state index in [0.29, 0.717) is 6.20 Å². The largest absolute Gasteiger partial charge is 0.490 e. The highest BCUT2D eigenvalue weighted by Crippen LogP contribution is 2.66. The van der Waals surface area contributed by atoms with E-state index in [4.69, 9.17) is 18.8 Å². The minimum absolute atomic E-state index is 0.191. The first-order chi connectivity index (χ1) is 14.5. The predicted octanol–water partition coefficient (Wildman–Crippen LogP) is -0.866. The number of nitrogens with zero attached hydrogens (tertiary/aromatic N) is 1. The summed E-state index contributed by atoms with van der Waals surface area (Å²) in [6, 6.07) is 0. The van der Waals surface area contributed by atoms with E-state index < -0.39 is 65.9 Å². The first-order valence-electron chi connectivity index (χ1n) is 8.77. The fraction of sp³-hybridized carbons (Fsp3) is 0.600. The smallest absolute Gasteiger partial charge is 0.388 e. The Labute approximate surface area is 169 Å². The van der Waals surface area contributed by atoms with Gasteiger partial charge >= 0.3 is 29.2 Å². The third-order valence-electron chi connectivity index (χ3n) is 3.09. The topological polar surface area (TPSA) is 244 Å². The summed E-state index contributed by atoms with van der Waals surface area (Å²) in [6.07, 6.45) is -6.34. The molecule has 2 rings (SSSR count). The molecule has 30 heavy (non-hydrogen) atoms. The number of aromatic amines is 1. The molecule has 0 saturated carbocycles. The van der Waals surface area contributed by atoms with E-state index in [9.17, 15) is 33.3 Å². The van der Waals surface area contributed by atoms with Crippen molar-refractivity contribution in [3.8, 4) is 0 Å². The molecule has 1 aliphatic heterocycles. The first kappa shape index (κ1) is 20.8. The Morgan fingerprint density at radius 3 is 2.50 bits per heavy atom. The van der Waals surface area contributed by atoms with Gasteiger partial charge in [0, 0.05) is 18.2 Å². The zero-order valence-electron chi connectivity index (χ0n) is 17.4. The van der Waals surface area contributed by atoms with Crippen LogP contribution < -0.4 is 11.2 Å². The molecule has 172 valence electrons. The molecule has 0 aromatic carbocycles. The summed E-state index contributed by atoms with van der Waals surface area (Å²) in [6.45, 7) is -3.01. The van der Waals surface area contributed by atoms with E-state index in [1.807, 2.05) is 0 Å². The molecule has 2 unspecified atom stereocenters. The van der Waals surface area contributed by atoms with Gasteiger partial charge in [-0.3, -0.25) is 18.9 Å². The third kappa shape index (κ3) is 6.72. The average molecular weight is 503 g/mol. The lowest BCUT2D eigenvalue weighted by Crippen LogP contribution is -2.36. The fourth-order valence-corrected chi connectivity index (χ4v) is 4.93. The lowest BCUT2D eigenvalue weighted by atomic mass is 10.2. The molecule has 5 atom stereocenters. The summed E-state index contributed by atoms with van der Waals surface area (Å²) in [5.41, 5.74) is -2.48. The van der Waals surface area contributed by atoms with Crippen LogP contribution in [0.1, 0.15) is 22.3 Å². The number of aliphatic hydroxyl groups is 1. The summed E-state index contributed by atoms with van der Waals surface area (Å²) in [5.74, 6) is -4.01. The number of phosphoric ester groups is 1. The van der Waals surface area contributed by atoms with Crippen LogP contribution in [0.4, 0.5) is 4.39 Å². The van der Waals surface area contributed by atoms with Gasteiger partial charge in [-0.1, -0.05) is 0 Å². The predicted molar refractivity (Wildman–Crippen MR) is 90.5 cm³/mol. The quantitative estimate of drug-likeness (QED) is 0.236. The van der Waals surface area contributed by atoms with Crippen LogP contribution in [-0.2, 0) is 31.6 Å². The van der Waals surface area contributed by atoms with E-state index >= 15 is 4.39 Å². The molecule has 0 aliphatic carbocycles. The van der Waals surface area contributed by atoms with Gasteiger partial charge in [0.25, 0.3) is 5.56 Å². The maximum atomic E-state index is 15.3. The van der Waals surface area contributed by atoms with Gasteiger partial charge in [0.1, 0.15) is 12.7 Å². The number of H-pyrrole nitrogens is 1. The van der Waals surface area contributed by atoms with Crippen LogP contribution in [-0.4, -0.2) is 52.7 Å². The number of halogens is 1. The van der Waals surface area contributed by atoms with Crippen LogP contribution in [0.15, 0.2) is 15.8 Å². The minimum Gasteiger partial charge on any atom is -0.388 e. The van der Waals surface area contributed by atoms with Crippen LogP contribution >= 0.6 is 23.5 Å². The SMILES string of the molecule is [2H]C([2H])(OP(=O)(O)OP(=O)(O)OP(=O)(O)O)[C@]1(F)C[C@@H](O)[C@]([2H])(n2cc(C)c(=O)[nH]c2=O)O1. The summed E-state index contributed by atoms with van der Waals surface area (Å²) in [5, 5.41) is 10.1. The molecule has 0 spiro atoms. The maximum absolute atomic E-state index is 15.3. The van der Waals surface area contributed by atoms with Gasteiger partial charge in [-0.15, -0.1) is 0 Å². The molecule has 1 aliphatic rings. The third-order valence-corrected chi connectivity index (χ3v) is 6.74. The molecule has 1 aromatic rings. The van der Waals surface area contributed by atoms with Gasteiger partial charge in [0.15, 0.2) is 6.20 Å². The lowest BCUT2D eigenvalue weighted by molar-refractivity contribution is -0.178. The second-order valence-corrected chi connectivity index (χ2v) is 9.96. The molecule has 20 heteroatoms. The molecule has 16 nitrogen and oxygen atoms in total. The van der Waals surface area contributed by atoms with E-state index in [0.717, 1.165) is 6.92 Å².